The summed E-state index contributed by atoms with van der Waals surface area (Å²) in [4.78, 5) is 4.37. The van der Waals surface area contributed by atoms with Crippen molar-refractivity contribution in [1.29, 1.82) is 0 Å². The van der Waals surface area contributed by atoms with E-state index in [-0.39, 0.29) is 5.90 Å². The van der Waals surface area contributed by atoms with Crippen molar-refractivity contribution < 1.29 is 17.9 Å². The fourth-order valence-corrected chi connectivity index (χ4v) is 2.64. The van der Waals surface area contributed by atoms with Gasteiger partial charge in [-0.05, 0) is 25.1 Å². The summed E-state index contributed by atoms with van der Waals surface area (Å²) in [5, 5.41) is 0. The van der Waals surface area contributed by atoms with Crippen molar-refractivity contribution in [2.75, 3.05) is 0 Å². The third-order valence-electron chi connectivity index (χ3n) is 3.58. The number of hydrogen-bond acceptors (Lipinski definition) is 2. The summed E-state index contributed by atoms with van der Waals surface area (Å²) in [5.41, 5.74) is 0.138. The Balaban J connectivity index is 2.09. The van der Waals surface area contributed by atoms with Crippen molar-refractivity contribution >= 4 is 11.6 Å². The molecule has 0 spiro atoms. The van der Waals surface area contributed by atoms with Crippen LogP contribution in [0.5, 0.6) is 0 Å². The van der Waals surface area contributed by atoms with Crippen LogP contribution < -0.4 is 0 Å². The van der Waals surface area contributed by atoms with Crippen LogP contribution in [0.4, 0.5) is 18.9 Å². The number of benzene rings is 2. The molecule has 2 aromatic rings. The van der Waals surface area contributed by atoms with Gasteiger partial charge in [0.15, 0.2) is 0 Å². The predicted octanol–water partition coefficient (Wildman–Crippen LogP) is 4.96. The van der Waals surface area contributed by atoms with Gasteiger partial charge < -0.3 is 4.74 Å². The molecule has 2 nitrogen and oxygen atoms in total. The summed E-state index contributed by atoms with van der Waals surface area (Å²) in [5.74, 6) is 0.214. The topological polar surface area (TPSA) is 21.6 Å². The van der Waals surface area contributed by atoms with E-state index in [4.69, 9.17) is 4.74 Å². The number of alkyl halides is 3. The van der Waals surface area contributed by atoms with Crippen molar-refractivity contribution in [3.63, 3.8) is 0 Å². The van der Waals surface area contributed by atoms with Crippen LogP contribution in [-0.2, 0) is 10.3 Å². The standard InChI is InChI=1S/C17H14F3NO/c1-16(11-17(18,19)20)13-9-5-6-10-14(13)21-15(22-16)12-7-3-2-4-8-12/h2-10H,11H2,1H3. The quantitative estimate of drug-likeness (QED) is 0.768. The lowest BCUT2D eigenvalue weighted by molar-refractivity contribution is -0.171. The van der Waals surface area contributed by atoms with Crippen molar-refractivity contribution in [1.82, 2.24) is 0 Å². The van der Waals surface area contributed by atoms with Crippen molar-refractivity contribution in [2.24, 2.45) is 4.99 Å². The Kier molecular flexibility index (Phi) is 3.43. The monoisotopic (exact) mass is 305 g/mol. The van der Waals surface area contributed by atoms with Gasteiger partial charge in [0.25, 0.3) is 0 Å². The maximum atomic E-state index is 13.0. The lowest BCUT2D eigenvalue weighted by Crippen LogP contribution is -2.36. The van der Waals surface area contributed by atoms with Crippen molar-refractivity contribution in [3.05, 3.63) is 65.7 Å². The first kappa shape index (κ1) is 14.6. The van der Waals surface area contributed by atoms with Crippen LogP contribution in [-0.4, -0.2) is 12.1 Å². The Morgan fingerprint density at radius 1 is 1.00 bits per heavy atom. The number of ether oxygens (including phenoxy) is 1. The molecule has 1 heterocycles. The molecular weight excluding hydrogens is 291 g/mol. The maximum absolute atomic E-state index is 13.0. The van der Waals surface area contributed by atoms with E-state index in [2.05, 4.69) is 4.99 Å². The Bertz CT molecular complexity index is 709. The van der Waals surface area contributed by atoms with Gasteiger partial charge in [-0.15, -0.1) is 0 Å². The molecular formula is C17H14F3NO. The molecule has 0 aliphatic carbocycles. The van der Waals surface area contributed by atoms with Crippen LogP contribution in [0.15, 0.2) is 59.6 Å². The van der Waals surface area contributed by atoms with Gasteiger partial charge in [0.2, 0.25) is 5.90 Å². The summed E-state index contributed by atoms with van der Waals surface area (Å²) in [6.45, 7) is 1.46. The second-order valence-corrected chi connectivity index (χ2v) is 5.43. The van der Waals surface area contributed by atoms with Gasteiger partial charge in [-0.3, -0.25) is 0 Å². The number of rotatable bonds is 2. The Morgan fingerprint density at radius 3 is 2.32 bits per heavy atom. The number of halogens is 3. The van der Waals surface area contributed by atoms with E-state index in [0.29, 0.717) is 16.8 Å². The molecule has 114 valence electrons. The van der Waals surface area contributed by atoms with Gasteiger partial charge in [-0.25, -0.2) is 4.99 Å². The maximum Gasteiger partial charge on any atom is 0.393 e. The highest BCUT2D eigenvalue weighted by Crippen LogP contribution is 2.44. The molecule has 0 amide bonds. The van der Waals surface area contributed by atoms with E-state index in [9.17, 15) is 13.2 Å². The lowest BCUT2D eigenvalue weighted by Gasteiger charge is -2.36. The van der Waals surface area contributed by atoms with Gasteiger partial charge in [0.05, 0.1) is 12.1 Å². The van der Waals surface area contributed by atoms with E-state index >= 15 is 0 Å². The smallest absolute Gasteiger partial charge is 0.393 e. The Labute approximate surface area is 126 Å². The van der Waals surface area contributed by atoms with Gasteiger partial charge >= 0.3 is 6.18 Å². The van der Waals surface area contributed by atoms with E-state index in [1.807, 2.05) is 6.07 Å². The first-order chi connectivity index (χ1) is 10.4. The van der Waals surface area contributed by atoms with Crippen LogP contribution in [0.2, 0.25) is 0 Å². The summed E-state index contributed by atoms with van der Waals surface area (Å²) >= 11 is 0. The molecule has 1 atom stereocenters. The largest absolute Gasteiger partial charge is 0.466 e. The molecule has 1 unspecified atom stereocenters. The normalized spacial score (nSPS) is 20.8. The molecule has 0 N–H and O–H groups in total. The van der Waals surface area contributed by atoms with Gasteiger partial charge in [-0.2, -0.15) is 13.2 Å². The zero-order chi connectivity index (χ0) is 15.8. The molecule has 5 heteroatoms. The molecule has 0 fully saturated rings. The predicted molar refractivity (Wildman–Crippen MR) is 78.2 cm³/mol. The highest BCUT2D eigenvalue weighted by atomic mass is 19.4. The average molecular weight is 305 g/mol. The van der Waals surface area contributed by atoms with Crippen LogP contribution in [0.3, 0.4) is 0 Å². The Hall–Kier alpha value is -2.30. The van der Waals surface area contributed by atoms with Crippen LogP contribution >= 0.6 is 0 Å². The fraction of sp³-hybridized carbons (Fsp3) is 0.235. The van der Waals surface area contributed by atoms with E-state index < -0.39 is 18.2 Å². The second kappa shape index (κ2) is 5.16. The number of para-hydroxylation sites is 1. The van der Waals surface area contributed by atoms with Crippen LogP contribution in [0.25, 0.3) is 0 Å². The van der Waals surface area contributed by atoms with Gasteiger partial charge in [0.1, 0.15) is 5.60 Å². The molecule has 2 aromatic carbocycles. The first-order valence-electron chi connectivity index (χ1n) is 6.87. The van der Waals surface area contributed by atoms with Gasteiger partial charge in [0, 0.05) is 11.1 Å². The highest BCUT2D eigenvalue weighted by molar-refractivity contribution is 5.97. The number of hydrogen-bond donors (Lipinski definition) is 0. The first-order valence-corrected chi connectivity index (χ1v) is 6.87. The molecule has 0 saturated carbocycles. The van der Waals surface area contributed by atoms with Crippen molar-refractivity contribution in [3.8, 4) is 0 Å². The fourth-order valence-electron chi connectivity index (χ4n) is 2.64. The van der Waals surface area contributed by atoms with E-state index in [1.54, 1.807) is 48.5 Å². The van der Waals surface area contributed by atoms with Crippen LogP contribution in [0, 0.1) is 0 Å². The molecule has 1 aliphatic rings. The van der Waals surface area contributed by atoms with Gasteiger partial charge in [-0.1, -0.05) is 36.4 Å². The number of nitrogens with zero attached hydrogens (tertiary/aromatic N) is 1. The molecule has 22 heavy (non-hydrogen) atoms. The third kappa shape index (κ3) is 2.84. The minimum Gasteiger partial charge on any atom is -0.466 e. The Morgan fingerprint density at radius 2 is 1.64 bits per heavy atom. The molecule has 0 bridgehead atoms. The average Bonchev–Trinajstić information content (AvgIpc) is 2.46. The molecule has 0 aromatic heterocycles. The molecule has 0 saturated heterocycles. The lowest BCUT2D eigenvalue weighted by atomic mass is 9.89. The zero-order valence-corrected chi connectivity index (χ0v) is 11.9. The molecule has 1 aliphatic heterocycles. The summed E-state index contributed by atoms with van der Waals surface area (Å²) < 4.78 is 44.7. The van der Waals surface area contributed by atoms with Crippen molar-refractivity contribution in [2.45, 2.75) is 25.1 Å². The molecule has 0 radical (unpaired) electrons. The number of fused-ring (bicyclic) bond motifs is 1. The summed E-state index contributed by atoms with van der Waals surface area (Å²) in [7, 11) is 0. The van der Waals surface area contributed by atoms with E-state index in [0.717, 1.165) is 0 Å². The second-order valence-electron chi connectivity index (χ2n) is 5.43. The molecule has 3 rings (SSSR count). The van der Waals surface area contributed by atoms with E-state index in [1.165, 1.54) is 6.92 Å². The minimum absolute atomic E-state index is 0.214. The summed E-state index contributed by atoms with van der Waals surface area (Å²) in [6, 6.07) is 15.7. The summed E-state index contributed by atoms with van der Waals surface area (Å²) in [6.07, 6.45) is -5.40. The number of aliphatic imine (C=N–C) groups is 1. The SMILES string of the molecule is CC1(CC(F)(F)F)OC(c2ccccc2)=Nc2ccccc21. The third-order valence-corrected chi connectivity index (χ3v) is 3.58. The van der Waals surface area contributed by atoms with Crippen LogP contribution in [0.1, 0.15) is 24.5 Å². The highest BCUT2D eigenvalue weighted by Gasteiger charge is 2.45. The zero-order valence-electron chi connectivity index (χ0n) is 11.9. The minimum atomic E-state index is -4.33.